The molecule has 7 nitrogen and oxygen atoms in total. The SMILES string of the molecule is CC(=O)Nc1ccc(SCC(=O)N(CC(=O)Nc2ccccc2)Cc2ccco2)cc1. The summed E-state index contributed by atoms with van der Waals surface area (Å²) in [5, 5.41) is 5.50. The Labute approximate surface area is 184 Å². The van der Waals surface area contributed by atoms with Crippen molar-refractivity contribution in [1.82, 2.24) is 4.90 Å². The zero-order valence-electron chi connectivity index (χ0n) is 17.0. The molecule has 160 valence electrons. The lowest BCUT2D eigenvalue weighted by molar-refractivity contribution is -0.133. The van der Waals surface area contributed by atoms with Gasteiger partial charge in [-0.05, 0) is 48.5 Å². The Morgan fingerprint density at radius 1 is 0.903 bits per heavy atom. The van der Waals surface area contributed by atoms with Gasteiger partial charge in [0.15, 0.2) is 0 Å². The number of benzene rings is 2. The molecule has 0 spiro atoms. The van der Waals surface area contributed by atoms with Gasteiger partial charge < -0.3 is 20.0 Å². The van der Waals surface area contributed by atoms with Gasteiger partial charge in [-0.3, -0.25) is 14.4 Å². The summed E-state index contributed by atoms with van der Waals surface area (Å²) in [4.78, 5) is 38.8. The molecule has 2 aromatic carbocycles. The first kappa shape index (κ1) is 22.2. The topological polar surface area (TPSA) is 91.7 Å². The molecule has 0 fully saturated rings. The number of anilines is 2. The summed E-state index contributed by atoms with van der Waals surface area (Å²) in [7, 11) is 0. The van der Waals surface area contributed by atoms with Crippen molar-refractivity contribution >= 4 is 40.9 Å². The molecule has 0 aliphatic carbocycles. The molecule has 0 radical (unpaired) electrons. The van der Waals surface area contributed by atoms with Gasteiger partial charge in [0.2, 0.25) is 17.7 Å². The van der Waals surface area contributed by atoms with Crippen LogP contribution in [0, 0.1) is 0 Å². The Bertz CT molecular complexity index is 1010. The number of hydrogen-bond acceptors (Lipinski definition) is 5. The van der Waals surface area contributed by atoms with Gasteiger partial charge in [0.25, 0.3) is 0 Å². The van der Waals surface area contributed by atoms with Crippen molar-refractivity contribution in [3.8, 4) is 0 Å². The lowest BCUT2D eigenvalue weighted by Gasteiger charge is -2.21. The van der Waals surface area contributed by atoms with Crippen molar-refractivity contribution in [3.63, 3.8) is 0 Å². The van der Waals surface area contributed by atoms with Gasteiger partial charge in [-0.15, -0.1) is 11.8 Å². The van der Waals surface area contributed by atoms with Crippen LogP contribution in [0.3, 0.4) is 0 Å². The van der Waals surface area contributed by atoms with Gasteiger partial charge in [-0.1, -0.05) is 18.2 Å². The third-order valence-electron chi connectivity index (χ3n) is 4.21. The molecule has 1 aromatic heterocycles. The summed E-state index contributed by atoms with van der Waals surface area (Å²) >= 11 is 1.36. The number of rotatable bonds is 9. The minimum Gasteiger partial charge on any atom is -0.467 e. The molecule has 0 saturated carbocycles. The fraction of sp³-hybridized carbons (Fsp3) is 0.174. The Hall–Kier alpha value is -3.52. The molecule has 1 heterocycles. The normalized spacial score (nSPS) is 10.4. The minimum absolute atomic E-state index is 0.0868. The second-order valence-corrected chi connectivity index (χ2v) is 7.79. The Morgan fingerprint density at radius 2 is 1.61 bits per heavy atom. The average Bonchev–Trinajstić information content (AvgIpc) is 3.26. The predicted octanol–water partition coefficient (Wildman–Crippen LogP) is 4.00. The number of para-hydroxylation sites is 1. The highest BCUT2D eigenvalue weighted by molar-refractivity contribution is 8.00. The molecule has 3 rings (SSSR count). The van der Waals surface area contributed by atoms with Crippen LogP contribution in [0.2, 0.25) is 0 Å². The monoisotopic (exact) mass is 437 g/mol. The van der Waals surface area contributed by atoms with Crippen LogP contribution in [0.1, 0.15) is 12.7 Å². The van der Waals surface area contributed by atoms with Crippen molar-refractivity contribution < 1.29 is 18.8 Å². The molecule has 0 aliphatic rings. The summed E-state index contributed by atoms with van der Waals surface area (Å²) in [6.45, 7) is 1.56. The first-order valence-corrected chi connectivity index (χ1v) is 10.6. The molecule has 3 aromatic rings. The number of nitrogens with zero attached hydrogens (tertiary/aromatic N) is 1. The molecule has 0 atom stereocenters. The maximum absolute atomic E-state index is 12.9. The minimum atomic E-state index is -0.282. The Morgan fingerprint density at radius 3 is 2.26 bits per heavy atom. The van der Waals surface area contributed by atoms with E-state index in [2.05, 4.69) is 10.6 Å². The largest absolute Gasteiger partial charge is 0.467 e. The quantitative estimate of drug-likeness (QED) is 0.494. The fourth-order valence-electron chi connectivity index (χ4n) is 2.79. The Balaban J connectivity index is 1.60. The van der Waals surface area contributed by atoms with Crippen LogP contribution in [0.5, 0.6) is 0 Å². The van der Waals surface area contributed by atoms with E-state index in [1.807, 2.05) is 30.3 Å². The van der Waals surface area contributed by atoms with Gasteiger partial charge in [0, 0.05) is 23.2 Å². The first-order chi connectivity index (χ1) is 15.0. The number of thioether (sulfide) groups is 1. The van der Waals surface area contributed by atoms with Crippen molar-refractivity contribution in [2.24, 2.45) is 0 Å². The maximum Gasteiger partial charge on any atom is 0.244 e. The van der Waals surface area contributed by atoms with E-state index < -0.39 is 0 Å². The summed E-state index contributed by atoms with van der Waals surface area (Å²) in [5.41, 5.74) is 1.37. The molecule has 2 N–H and O–H groups in total. The molecule has 0 saturated heterocycles. The van der Waals surface area contributed by atoms with Crippen molar-refractivity contribution in [1.29, 1.82) is 0 Å². The van der Waals surface area contributed by atoms with Crippen LogP contribution in [0.15, 0.2) is 82.3 Å². The zero-order chi connectivity index (χ0) is 22.1. The summed E-state index contributed by atoms with van der Waals surface area (Å²) in [6.07, 6.45) is 1.54. The molecule has 0 unspecified atom stereocenters. The van der Waals surface area contributed by atoms with Gasteiger partial charge >= 0.3 is 0 Å². The molecular formula is C23H23N3O4S. The number of amides is 3. The highest BCUT2D eigenvalue weighted by Crippen LogP contribution is 2.21. The van der Waals surface area contributed by atoms with E-state index in [4.69, 9.17) is 4.42 Å². The van der Waals surface area contributed by atoms with Gasteiger partial charge in [0.1, 0.15) is 12.3 Å². The fourth-order valence-corrected chi connectivity index (χ4v) is 3.59. The van der Waals surface area contributed by atoms with Gasteiger partial charge in [-0.2, -0.15) is 0 Å². The third-order valence-corrected chi connectivity index (χ3v) is 5.21. The number of carbonyl (C=O) groups excluding carboxylic acids is 3. The average molecular weight is 438 g/mol. The summed E-state index contributed by atoms with van der Waals surface area (Å²) in [6, 6.07) is 19.8. The van der Waals surface area contributed by atoms with Crippen molar-refractivity contribution in [2.75, 3.05) is 22.9 Å². The molecular weight excluding hydrogens is 414 g/mol. The van der Waals surface area contributed by atoms with Crippen LogP contribution in [0.4, 0.5) is 11.4 Å². The van der Waals surface area contributed by atoms with E-state index in [0.29, 0.717) is 17.1 Å². The lowest BCUT2D eigenvalue weighted by atomic mass is 10.3. The first-order valence-electron chi connectivity index (χ1n) is 9.65. The highest BCUT2D eigenvalue weighted by atomic mass is 32.2. The number of nitrogens with one attached hydrogen (secondary N) is 2. The lowest BCUT2D eigenvalue weighted by Crippen LogP contribution is -2.38. The third kappa shape index (κ3) is 7.35. The second kappa shape index (κ2) is 11.0. The molecule has 3 amide bonds. The van der Waals surface area contributed by atoms with E-state index in [1.165, 1.54) is 29.8 Å². The van der Waals surface area contributed by atoms with Crippen molar-refractivity contribution in [3.05, 3.63) is 78.8 Å². The molecule has 8 heteroatoms. The van der Waals surface area contributed by atoms with E-state index in [9.17, 15) is 14.4 Å². The molecule has 0 bridgehead atoms. The van der Waals surface area contributed by atoms with E-state index in [-0.39, 0.29) is 36.6 Å². The van der Waals surface area contributed by atoms with Crippen LogP contribution < -0.4 is 10.6 Å². The zero-order valence-corrected chi connectivity index (χ0v) is 17.9. The van der Waals surface area contributed by atoms with E-state index in [1.54, 1.807) is 36.4 Å². The van der Waals surface area contributed by atoms with Crippen LogP contribution in [0.25, 0.3) is 0 Å². The number of hydrogen-bond donors (Lipinski definition) is 2. The van der Waals surface area contributed by atoms with Crippen LogP contribution >= 0.6 is 11.8 Å². The van der Waals surface area contributed by atoms with Crippen LogP contribution in [-0.2, 0) is 20.9 Å². The highest BCUT2D eigenvalue weighted by Gasteiger charge is 2.19. The maximum atomic E-state index is 12.9. The van der Waals surface area contributed by atoms with Crippen LogP contribution in [-0.4, -0.2) is 34.9 Å². The Kier molecular flexibility index (Phi) is 7.89. The van der Waals surface area contributed by atoms with Gasteiger partial charge in [-0.25, -0.2) is 0 Å². The second-order valence-electron chi connectivity index (χ2n) is 6.74. The van der Waals surface area contributed by atoms with Gasteiger partial charge in [0.05, 0.1) is 18.6 Å². The standard InChI is InChI=1S/C23H23N3O4S/c1-17(27)24-19-9-11-21(12-10-19)31-16-23(29)26(14-20-8-5-13-30-20)15-22(28)25-18-6-3-2-4-7-18/h2-13H,14-16H2,1H3,(H,24,27)(H,25,28). The number of furan rings is 1. The molecule has 31 heavy (non-hydrogen) atoms. The van der Waals surface area contributed by atoms with E-state index in [0.717, 1.165) is 4.90 Å². The summed E-state index contributed by atoms with van der Waals surface area (Å²) in [5.74, 6) is 0.161. The van der Waals surface area contributed by atoms with Crippen molar-refractivity contribution in [2.45, 2.75) is 18.4 Å². The van der Waals surface area contributed by atoms with E-state index >= 15 is 0 Å². The predicted molar refractivity (Wildman–Crippen MR) is 121 cm³/mol. The molecule has 0 aliphatic heterocycles. The number of carbonyl (C=O) groups is 3. The smallest absolute Gasteiger partial charge is 0.244 e. The summed E-state index contributed by atoms with van der Waals surface area (Å²) < 4.78 is 5.35.